The topological polar surface area (TPSA) is 9.23 Å². The molecule has 0 saturated heterocycles. The van der Waals surface area contributed by atoms with Crippen LogP contribution in [0, 0.1) is 0 Å². The van der Waals surface area contributed by atoms with Crippen molar-refractivity contribution < 1.29 is 4.74 Å². The molecule has 0 fully saturated rings. The van der Waals surface area contributed by atoms with Crippen LogP contribution < -0.4 is 4.74 Å². The summed E-state index contributed by atoms with van der Waals surface area (Å²) in [4.78, 5) is 2.46. The molecule has 2 heterocycles. The highest BCUT2D eigenvalue weighted by Crippen LogP contribution is 2.45. The SMILES string of the molecule is COc1ccsc1C(Br)c1cc(Cl)c(Br)s1. The minimum Gasteiger partial charge on any atom is -0.496 e. The molecule has 0 N–H and O–H groups in total. The lowest BCUT2D eigenvalue weighted by molar-refractivity contribution is 0.413. The molecular formula is C10H7Br2ClOS2. The first kappa shape index (κ1) is 12.9. The molecule has 6 heteroatoms. The van der Waals surface area contributed by atoms with E-state index in [-0.39, 0.29) is 4.83 Å². The summed E-state index contributed by atoms with van der Waals surface area (Å²) in [7, 11) is 1.68. The molecule has 0 aromatic carbocycles. The molecule has 2 aromatic heterocycles. The van der Waals surface area contributed by atoms with E-state index < -0.39 is 0 Å². The van der Waals surface area contributed by atoms with Crippen LogP contribution in [0.2, 0.25) is 5.02 Å². The summed E-state index contributed by atoms with van der Waals surface area (Å²) in [6.07, 6.45) is 0. The zero-order valence-corrected chi connectivity index (χ0v) is 13.7. The van der Waals surface area contributed by atoms with E-state index in [0.29, 0.717) is 0 Å². The number of hydrogen-bond acceptors (Lipinski definition) is 3. The maximum absolute atomic E-state index is 6.02. The van der Waals surface area contributed by atoms with Crippen LogP contribution in [0.15, 0.2) is 21.3 Å². The Morgan fingerprint density at radius 2 is 2.25 bits per heavy atom. The Balaban J connectivity index is 2.35. The van der Waals surface area contributed by atoms with Crippen molar-refractivity contribution in [2.24, 2.45) is 0 Å². The van der Waals surface area contributed by atoms with Crippen LogP contribution >= 0.6 is 66.1 Å². The second kappa shape index (κ2) is 5.40. The minimum absolute atomic E-state index is 0.135. The number of halogens is 3. The molecule has 0 aliphatic carbocycles. The first-order chi connectivity index (χ1) is 7.63. The highest BCUT2D eigenvalue weighted by Gasteiger charge is 2.19. The Morgan fingerprint density at radius 1 is 1.50 bits per heavy atom. The lowest BCUT2D eigenvalue weighted by atomic mass is 10.3. The molecule has 0 spiro atoms. The number of ether oxygens (including phenoxy) is 1. The number of hydrogen-bond donors (Lipinski definition) is 0. The summed E-state index contributed by atoms with van der Waals surface area (Å²) < 4.78 is 6.27. The number of methoxy groups -OCH3 is 1. The third-order valence-electron chi connectivity index (χ3n) is 2.02. The molecule has 0 bridgehead atoms. The largest absolute Gasteiger partial charge is 0.496 e. The molecule has 1 atom stereocenters. The summed E-state index contributed by atoms with van der Waals surface area (Å²) in [5.41, 5.74) is 0. The lowest BCUT2D eigenvalue weighted by Gasteiger charge is -2.07. The molecule has 0 saturated carbocycles. The van der Waals surface area contributed by atoms with Gasteiger partial charge in [0.1, 0.15) is 5.75 Å². The predicted molar refractivity (Wildman–Crippen MR) is 78.7 cm³/mol. The van der Waals surface area contributed by atoms with Gasteiger partial charge >= 0.3 is 0 Å². The Bertz CT molecular complexity index is 475. The van der Waals surface area contributed by atoms with Crippen LogP contribution in [0.4, 0.5) is 0 Å². The number of alkyl halides is 1. The summed E-state index contributed by atoms with van der Waals surface area (Å²) in [6, 6.07) is 3.94. The maximum Gasteiger partial charge on any atom is 0.134 e. The number of rotatable bonds is 3. The third kappa shape index (κ3) is 2.48. The molecule has 0 aliphatic heterocycles. The molecule has 16 heavy (non-hydrogen) atoms. The molecule has 1 unspecified atom stereocenters. The summed E-state index contributed by atoms with van der Waals surface area (Å²) in [6.45, 7) is 0. The van der Waals surface area contributed by atoms with E-state index in [9.17, 15) is 0 Å². The van der Waals surface area contributed by atoms with Crippen LogP contribution in [-0.2, 0) is 0 Å². The van der Waals surface area contributed by atoms with E-state index >= 15 is 0 Å². The second-order valence-electron chi connectivity index (χ2n) is 2.99. The van der Waals surface area contributed by atoms with Gasteiger partial charge in [-0.15, -0.1) is 22.7 Å². The fourth-order valence-electron chi connectivity index (χ4n) is 1.28. The monoisotopic (exact) mass is 400 g/mol. The first-order valence-corrected chi connectivity index (χ1v) is 8.12. The average Bonchev–Trinajstić information content (AvgIpc) is 2.85. The van der Waals surface area contributed by atoms with E-state index in [1.54, 1.807) is 29.8 Å². The molecular weight excluding hydrogens is 396 g/mol. The van der Waals surface area contributed by atoms with E-state index in [4.69, 9.17) is 16.3 Å². The van der Waals surface area contributed by atoms with Crippen molar-refractivity contribution in [1.29, 1.82) is 0 Å². The Morgan fingerprint density at radius 3 is 2.81 bits per heavy atom. The van der Waals surface area contributed by atoms with Crippen molar-refractivity contribution in [2.45, 2.75) is 4.83 Å². The van der Waals surface area contributed by atoms with Crippen molar-refractivity contribution in [1.82, 2.24) is 0 Å². The van der Waals surface area contributed by atoms with Crippen LogP contribution in [0.3, 0.4) is 0 Å². The average molecular weight is 403 g/mol. The van der Waals surface area contributed by atoms with Gasteiger partial charge in [0, 0.05) is 4.88 Å². The molecule has 1 nitrogen and oxygen atoms in total. The lowest BCUT2D eigenvalue weighted by Crippen LogP contribution is -1.89. The van der Waals surface area contributed by atoms with Gasteiger partial charge in [0.15, 0.2) is 0 Å². The molecule has 86 valence electrons. The molecule has 0 radical (unpaired) electrons. The van der Waals surface area contributed by atoms with Crippen LogP contribution in [-0.4, -0.2) is 7.11 Å². The molecule has 0 amide bonds. The first-order valence-electron chi connectivity index (χ1n) is 4.33. The standard InChI is InChI=1S/C10H7Br2ClOS2/c1-14-6-2-3-15-9(6)8(11)7-4-5(13)10(12)16-7/h2-4,8H,1H3. The van der Waals surface area contributed by atoms with Crippen molar-refractivity contribution in [3.8, 4) is 5.75 Å². The van der Waals surface area contributed by atoms with Gasteiger partial charge in [-0.3, -0.25) is 0 Å². The van der Waals surface area contributed by atoms with Gasteiger partial charge in [0.05, 0.1) is 25.6 Å². The minimum atomic E-state index is 0.135. The second-order valence-corrected chi connectivity index (χ2v) is 7.66. The maximum atomic E-state index is 6.02. The van der Waals surface area contributed by atoms with Gasteiger partial charge < -0.3 is 4.74 Å². The van der Waals surface area contributed by atoms with Crippen molar-refractivity contribution in [3.63, 3.8) is 0 Å². The van der Waals surface area contributed by atoms with E-state index in [0.717, 1.165) is 24.3 Å². The smallest absolute Gasteiger partial charge is 0.134 e. The van der Waals surface area contributed by atoms with Gasteiger partial charge in [-0.1, -0.05) is 27.5 Å². The van der Waals surface area contributed by atoms with Gasteiger partial charge in [-0.05, 0) is 33.4 Å². The van der Waals surface area contributed by atoms with Crippen LogP contribution in [0.25, 0.3) is 0 Å². The molecule has 0 aliphatic rings. The van der Waals surface area contributed by atoms with Crippen molar-refractivity contribution in [3.05, 3.63) is 36.1 Å². The summed E-state index contributed by atoms with van der Waals surface area (Å²) >= 11 is 16.4. The van der Waals surface area contributed by atoms with E-state index in [1.165, 1.54) is 0 Å². The predicted octanol–water partition coefficient (Wildman–Crippen LogP) is 5.72. The van der Waals surface area contributed by atoms with Crippen LogP contribution in [0.5, 0.6) is 5.75 Å². The van der Waals surface area contributed by atoms with Crippen molar-refractivity contribution >= 4 is 66.1 Å². The highest BCUT2D eigenvalue weighted by atomic mass is 79.9. The van der Waals surface area contributed by atoms with Crippen molar-refractivity contribution in [2.75, 3.05) is 7.11 Å². The van der Waals surface area contributed by atoms with E-state index in [2.05, 4.69) is 31.9 Å². The Hall–Kier alpha value is 0.450. The van der Waals surface area contributed by atoms with Gasteiger partial charge in [-0.2, -0.15) is 0 Å². The fourth-order valence-corrected chi connectivity index (χ4v) is 4.90. The van der Waals surface area contributed by atoms with Gasteiger partial charge in [0.2, 0.25) is 0 Å². The quantitative estimate of drug-likeness (QED) is 0.597. The fraction of sp³-hybridized carbons (Fsp3) is 0.200. The Labute approximate surface area is 124 Å². The highest BCUT2D eigenvalue weighted by molar-refractivity contribution is 9.11. The Kier molecular flexibility index (Phi) is 4.35. The molecule has 2 rings (SSSR count). The summed E-state index contributed by atoms with van der Waals surface area (Å²) in [5, 5.41) is 2.77. The normalized spacial score (nSPS) is 12.8. The third-order valence-corrected chi connectivity index (χ3v) is 7.08. The van der Waals surface area contributed by atoms with Gasteiger partial charge in [-0.25, -0.2) is 0 Å². The van der Waals surface area contributed by atoms with Crippen LogP contribution in [0.1, 0.15) is 14.6 Å². The van der Waals surface area contributed by atoms with Gasteiger partial charge in [0.25, 0.3) is 0 Å². The van der Waals surface area contributed by atoms with E-state index in [1.807, 2.05) is 17.5 Å². The summed E-state index contributed by atoms with van der Waals surface area (Å²) in [5.74, 6) is 0.910. The molecule has 2 aromatic rings. The number of thiophene rings is 2. The zero-order chi connectivity index (χ0) is 11.7. The zero-order valence-electron chi connectivity index (χ0n) is 8.17.